The summed E-state index contributed by atoms with van der Waals surface area (Å²) in [5.74, 6) is 0.572. The van der Waals surface area contributed by atoms with Gasteiger partial charge in [0.15, 0.2) is 5.82 Å². The van der Waals surface area contributed by atoms with Crippen molar-refractivity contribution in [2.24, 2.45) is 0 Å². The van der Waals surface area contributed by atoms with Crippen LogP contribution in [0.2, 0.25) is 5.02 Å². The molecule has 1 aromatic heterocycles. The van der Waals surface area contributed by atoms with E-state index in [0.717, 1.165) is 0 Å². The molecule has 0 aliphatic heterocycles. The van der Waals surface area contributed by atoms with Crippen LogP contribution in [0.1, 0.15) is 0 Å². The van der Waals surface area contributed by atoms with Crippen molar-refractivity contribution in [1.82, 2.24) is 9.97 Å². The number of rotatable bonds is 3. The quantitative estimate of drug-likeness (QED) is 0.898. The monoisotopic (exact) mass is 330 g/mol. The first-order valence-electron chi connectivity index (χ1n) is 5.02. The van der Waals surface area contributed by atoms with Crippen molar-refractivity contribution in [1.29, 1.82) is 0 Å². The van der Waals surface area contributed by atoms with Crippen molar-refractivity contribution in [3.8, 4) is 0 Å². The van der Waals surface area contributed by atoms with Gasteiger partial charge in [-0.2, -0.15) is 4.98 Å². The van der Waals surface area contributed by atoms with Crippen LogP contribution in [0.4, 0.5) is 21.8 Å². The Hall–Kier alpha value is -1.40. The molecule has 7 heteroatoms. The molecule has 0 saturated heterocycles. The van der Waals surface area contributed by atoms with Crippen LogP contribution in [0.25, 0.3) is 0 Å². The highest BCUT2D eigenvalue weighted by molar-refractivity contribution is 9.10. The van der Waals surface area contributed by atoms with Gasteiger partial charge in [-0.05, 0) is 34.1 Å². The fourth-order valence-electron chi connectivity index (χ4n) is 1.29. The van der Waals surface area contributed by atoms with E-state index < -0.39 is 0 Å². The number of hydrogen-bond acceptors (Lipinski definition) is 4. The Labute approximate surface area is 117 Å². The standard InChI is InChI=1S/C11H9BrClFN4/c1-15-11-16-5-8(13)10(18-11)17-6-2-3-9(14)7(12)4-6/h2-5H,1H3,(H2,15,16,17,18). The molecular weight excluding hydrogens is 323 g/mol. The van der Waals surface area contributed by atoms with Gasteiger partial charge in [-0.25, -0.2) is 9.37 Å². The summed E-state index contributed by atoms with van der Waals surface area (Å²) in [6.45, 7) is 0. The Balaban J connectivity index is 2.30. The minimum atomic E-state index is -0.328. The molecule has 1 aromatic carbocycles. The van der Waals surface area contributed by atoms with Gasteiger partial charge >= 0.3 is 0 Å². The molecule has 0 amide bonds. The highest BCUT2D eigenvalue weighted by Gasteiger charge is 2.06. The summed E-state index contributed by atoms with van der Waals surface area (Å²) in [4.78, 5) is 8.13. The Bertz CT molecular complexity index is 579. The van der Waals surface area contributed by atoms with E-state index >= 15 is 0 Å². The summed E-state index contributed by atoms with van der Waals surface area (Å²) < 4.78 is 13.5. The minimum Gasteiger partial charge on any atom is -0.357 e. The van der Waals surface area contributed by atoms with Crippen LogP contribution in [-0.4, -0.2) is 17.0 Å². The average Bonchev–Trinajstić information content (AvgIpc) is 2.36. The lowest BCUT2D eigenvalue weighted by Gasteiger charge is -2.09. The van der Waals surface area contributed by atoms with Crippen LogP contribution in [0.3, 0.4) is 0 Å². The lowest BCUT2D eigenvalue weighted by atomic mass is 10.3. The number of nitrogens with one attached hydrogen (secondary N) is 2. The average molecular weight is 332 g/mol. The van der Waals surface area contributed by atoms with E-state index in [1.807, 2.05) is 0 Å². The molecule has 4 nitrogen and oxygen atoms in total. The van der Waals surface area contributed by atoms with E-state index in [4.69, 9.17) is 11.6 Å². The largest absolute Gasteiger partial charge is 0.357 e. The minimum absolute atomic E-state index is 0.328. The molecule has 0 atom stereocenters. The predicted octanol–water partition coefficient (Wildman–Crippen LogP) is 3.82. The molecular formula is C11H9BrClFN4. The van der Waals surface area contributed by atoms with Crippen LogP contribution in [0, 0.1) is 5.82 Å². The number of hydrogen-bond donors (Lipinski definition) is 2. The van der Waals surface area contributed by atoms with Gasteiger partial charge in [-0.3, -0.25) is 0 Å². The number of halogens is 3. The van der Waals surface area contributed by atoms with Crippen LogP contribution in [-0.2, 0) is 0 Å². The van der Waals surface area contributed by atoms with Crippen molar-refractivity contribution >= 4 is 45.0 Å². The second kappa shape index (κ2) is 5.49. The first-order chi connectivity index (χ1) is 8.60. The lowest BCUT2D eigenvalue weighted by molar-refractivity contribution is 0.621. The third-order valence-corrected chi connectivity index (χ3v) is 3.03. The molecule has 1 heterocycles. The highest BCUT2D eigenvalue weighted by atomic mass is 79.9. The Kier molecular flexibility index (Phi) is 3.98. The molecule has 2 rings (SSSR count). The molecule has 0 spiro atoms. The maximum absolute atomic E-state index is 13.1. The zero-order chi connectivity index (χ0) is 13.1. The van der Waals surface area contributed by atoms with Gasteiger partial charge in [-0.1, -0.05) is 11.6 Å². The first kappa shape index (κ1) is 13.0. The number of aromatic nitrogens is 2. The smallest absolute Gasteiger partial charge is 0.224 e. The molecule has 0 radical (unpaired) electrons. The predicted molar refractivity (Wildman–Crippen MR) is 74.0 cm³/mol. The second-order valence-electron chi connectivity index (χ2n) is 3.39. The maximum Gasteiger partial charge on any atom is 0.224 e. The number of nitrogens with zero attached hydrogens (tertiary/aromatic N) is 2. The topological polar surface area (TPSA) is 49.8 Å². The number of benzene rings is 1. The van der Waals surface area contributed by atoms with Crippen molar-refractivity contribution in [2.75, 3.05) is 17.7 Å². The third-order valence-electron chi connectivity index (χ3n) is 2.15. The molecule has 94 valence electrons. The van der Waals surface area contributed by atoms with Crippen LogP contribution in [0.5, 0.6) is 0 Å². The van der Waals surface area contributed by atoms with Gasteiger partial charge in [0.25, 0.3) is 0 Å². The van der Waals surface area contributed by atoms with Gasteiger partial charge in [-0.15, -0.1) is 0 Å². The molecule has 0 aliphatic carbocycles. The van der Waals surface area contributed by atoms with E-state index in [1.54, 1.807) is 19.2 Å². The van der Waals surface area contributed by atoms with Crippen molar-refractivity contribution in [2.45, 2.75) is 0 Å². The Morgan fingerprint density at radius 3 is 2.83 bits per heavy atom. The molecule has 18 heavy (non-hydrogen) atoms. The summed E-state index contributed by atoms with van der Waals surface area (Å²) in [5, 5.41) is 6.19. The SMILES string of the molecule is CNc1ncc(Cl)c(Nc2ccc(F)c(Br)c2)n1. The zero-order valence-electron chi connectivity index (χ0n) is 9.34. The third kappa shape index (κ3) is 2.88. The summed E-state index contributed by atoms with van der Waals surface area (Å²) in [6, 6.07) is 4.55. The van der Waals surface area contributed by atoms with Crippen LogP contribution < -0.4 is 10.6 Å². The van der Waals surface area contributed by atoms with E-state index in [-0.39, 0.29) is 5.82 Å². The molecule has 0 aliphatic rings. The summed E-state index contributed by atoms with van der Waals surface area (Å²) in [7, 11) is 1.71. The van der Waals surface area contributed by atoms with Gasteiger partial charge in [0, 0.05) is 12.7 Å². The van der Waals surface area contributed by atoms with Crippen LogP contribution >= 0.6 is 27.5 Å². The van der Waals surface area contributed by atoms with E-state index in [2.05, 4.69) is 36.5 Å². The van der Waals surface area contributed by atoms with Crippen molar-refractivity contribution in [3.63, 3.8) is 0 Å². The summed E-state index contributed by atoms with van der Waals surface area (Å²) >= 11 is 9.09. The second-order valence-corrected chi connectivity index (χ2v) is 4.66. The molecule has 0 saturated carbocycles. The van der Waals surface area contributed by atoms with Gasteiger partial charge in [0.2, 0.25) is 5.95 Å². The normalized spacial score (nSPS) is 10.2. The van der Waals surface area contributed by atoms with Crippen molar-refractivity contribution in [3.05, 3.63) is 39.7 Å². The van der Waals surface area contributed by atoms with E-state index in [9.17, 15) is 4.39 Å². The molecule has 2 N–H and O–H groups in total. The van der Waals surface area contributed by atoms with E-state index in [1.165, 1.54) is 12.3 Å². The zero-order valence-corrected chi connectivity index (χ0v) is 11.7. The molecule has 0 bridgehead atoms. The van der Waals surface area contributed by atoms with Gasteiger partial charge in [0.1, 0.15) is 10.8 Å². The van der Waals surface area contributed by atoms with Gasteiger partial charge < -0.3 is 10.6 Å². The maximum atomic E-state index is 13.1. The molecule has 0 unspecified atom stereocenters. The first-order valence-corrected chi connectivity index (χ1v) is 6.19. The van der Waals surface area contributed by atoms with E-state index in [0.29, 0.717) is 26.9 Å². The molecule has 0 fully saturated rings. The Morgan fingerprint density at radius 1 is 1.39 bits per heavy atom. The molecule has 2 aromatic rings. The van der Waals surface area contributed by atoms with Crippen molar-refractivity contribution < 1.29 is 4.39 Å². The van der Waals surface area contributed by atoms with Gasteiger partial charge in [0.05, 0.1) is 10.7 Å². The van der Waals surface area contributed by atoms with Crippen LogP contribution in [0.15, 0.2) is 28.9 Å². The Morgan fingerprint density at radius 2 is 2.17 bits per heavy atom. The number of anilines is 3. The highest BCUT2D eigenvalue weighted by Crippen LogP contribution is 2.26. The summed E-state index contributed by atoms with van der Waals surface area (Å²) in [5.41, 5.74) is 0.672. The summed E-state index contributed by atoms with van der Waals surface area (Å²) in [6.07, 6.45) is 1.49. The fourth-order valence-corrected chi connectivity index (χ4v) is 1.80. The fraction of sp³-hybridized carbons (Fsp3) is 0.0909. The lowest BCUT2D eigenvalue weighted by Crippen LogP contribution is -2.01.